The lowest BCUT2D eigenvalue weighted by Gasteiger charge is -2.23. The predicted molar refractivity (Wildman–Crippen MR) is 93.0 cm³/mol. The largest absolute Gasteiger partial charge is 0.344 e. The van der Waals surface area contributed by atoms with Crippen LogP contribution < -0.4 is 10.6 Å². The van der Waals surface area contributed by atoms with Crippen molar-refractivity contribution in [2.24, 2.45) is 0 Å². The molecule has 0 bridgehead atoms. The second-order valence-corrected chi connectivity index (χ2v) is 6.50. The van der Waals surface area contributed by atoms with Gasteiger partial charge in [-0.25, -0.2) is 4.68 Å². The first-order chi connectivity index (χ1) is 11.6. The molecule has 1 saturated heterocycles. The Hall–Kier alpha value is -2.21. The summed E-state index contributed by atoms with van der Waals surface area (Å²) in [5.41, 5.74) is 3.56. The molecule has 2 N–H and O–H groups in total. The van der Waals surface area contributed by atoms with Crippen LogP contribution in [-0.4, -0.2) is 34.0 Å². The number of rotatable bonds is 4. The molecule has 0 spiro atoms. The first-order valence-electron chi connectivity index (χ1n) is 8.57. The van der Waals surface area contributed by atoms with Crippen molar-refractivity contribution in [2.75, 3.05) is 13.1 Å². The van der Waals surface area contributed by atoms with Crippen LogP contribution in [0.2, 0.25) is 0 Å². The highest BCUT2D eigenvalue weighted by Gasteiger charge is 2.23. The second-order valence-electron chi connectivity index (χ2n) is 6.50. The number of aryl methyl sites for hydroxylation is 1. The van der Waals surface area contributed by atoms with Crippen molar-refractivity contribution in [1.82, 2.24) is 25.6 Å². The number of hydrogen-bond donors (Lipinski definition) is 2. The lowest BCUT2D eigenvalue weighted by molar-refractivity contribution is 0.0934. The number of benzene rings is 1. The fourth-order valence-electron chi connectivity index (χ4n) is 3.36. The molecule has 0 saturated carbocycles. The van der Waals surface area contributed by atoms with Gasteiger partial charge in [0, 0.05) is 0 Å². The maximum absolute atomic E-state index is 12.6. The van der Waals surface area contributed by atoms with Crippen LogP contribution in [0.1, 0.15) is 59.2 Å². The van der Waals surface area contributed by atoms with Crippen LogP contribution in [0.4, 0.5) is 0 Å². The van der Waals surface area contributed by atoms with E-state index in [2.05, 4.69) is 33.9 Å². The number of nitrogens with one attached hydrogen (secondary N) is 2. The standard InChI is InChI=1S/C18H25N5O/c1-12-6-4-5-7-16(12)13(2)20-18(24)17-14(3)23(22-21-17)15-8-10-19-11-9-15/h4-7,13,15,19H,8-11H2,1-3H3,(H,20,24). The summed E-state index contributed by atoms with van der Waals surface area (Å²) < 4.78 is 1.91. The van der Waals surface area contributed by atoms with Crippen LogP contribution in [0, 0.1) is 13.8 Å². The van der Waals surface area contributed by atoms with Gasteiger partial charge < -0.3 is 10.6 Å². The van der Waals surface area contributed by atoms with Gasteiger partial charge in [0.05, 0.1) is 17.8 Å². The number of amides is 1. The van der Waals surface area contributed by atoms with Crippen molar-refractivity contribution in [2.45, 2.75) is 45.7 Å². The number of piperidine rings is 1. The number of aromatic nitrogens is 3. The molecule has 3 rings (SSSR count). The Morgan fingerprint density at radius 3 is 2.71 bits per heavy atom. The smallest absolute Gasteiger partial charge is 0.274 e. The molecule has 0 aliphatic carbocycles. The van der Waals surface area contributed by atoms with Gasteiger partial charge in [-0.05, 0) is 57.8 Å². The summed E-state index contributed by atoms with van der Waals surface area (Å²) >= 11 is 0. The van der Waals surface area contributed by atoms with E-state index in [9.17, 15) is 4.79 Å². The monoisotopic (exact) mass is 327 g/mol. The molecule has 2 aromatic rings. The minimum Gasteiger partial charge on any atom is -0.344 e. The molecule has 1 aromatic heterocycles. The van der Waals surface area contributed by atoms with Crippen LogP contribution in [0.5, 0.6) is 0 Å². The number of carbonyl (C=O) groups excluding carboxylic acids is 1. The summed E-state index contributed by atoms with van der Waals surface area (Å²) in [7, 11) is 0. The molecule has 128 valence electrons. The van der Waals surface area contributed by atoms with Crippen molar-refractivity contribution in [1.29, 1.82) is 0 Å². The van der Waals surface area contributed by atoms with E-state index in [0.29, 0.717) is 11.7 Å². The zero-order chi connectivity index (χ0) is 17.1. The molecule has 1 unspecified atom stereocenters. The van der Waals surface area contributed by atoms with E-state index in [4.69, 9.17) is 0 Å². The molecule has 1 aliphatic rings. The molecule has 0 radical (unpaired) electrons. The summed E-state index contributed by atoms with van der Waals surface area (Å²) in [5.74, 6) is -0.163. The number of hydrogen-bond acceptors (Lipinski definition) is 4. The van der Waals surface area contributed by atoms with Gasteiger partial charge in [0.25, 0.3) is 5.91 Å². The van der Waals surface area contributed by atoms with Gasteiger partial charge in [-0.1, -0.05) is 29.5 Å². The average Bonchev–Trinajstić information content (AvgIpc) is 2.97. The third-order valence-corrected chi connectivity index (χ3v) is 4.80. The van der Waals surface area contributed by atoms with Crippen LogP contribution in [0.25, 0.3) is 0 Å². The summed E-state index contributed by atoms with van der Waals surface area (Å²) in [4.78, 5) is 12.6. The van der Waals surface area contributed by atoms with Gasteiger partial charge >= 0.3 is 0 Å². The Morgan fingerprint density at radius 2 is 2.00 bits per heavy atom. The average molecular weight is 327 g/mol. The van der Waals surface area contributed by atoms with Crippen molar-refractivity contribution >= 4 is 5.91 Å². The molecule has 1 amide bonds. The zero-order valence-corrected chi connectivity index (χ0v) is 14.5. The topological polar surface area (TPSA) is 71.8 Å². The molecule has 1 fully saturated rings. The van der Waals surface area contributed by atoms with Crippen LogP contribution in [0.15, 0.2) is 24.3 Å². The molecular weight excluding hydrogens is 302 g/mol. The Balaban J connectivity index is 1.73. The van der Waals surface area contributed by atoms with E-state index in [1.807, 2.05) is 36.7 Å². The first-order valence-corrected chi connectivity index (χ1v) is 8.57. The van der Waals surface area contributed by atoms with Crippen molar-refractivity contribution < 1.29 is 4.79 Å². The van der Waals surface area contributed by atoms with Crippen LogP contribution in [0.3, 0.4) is 0 Å². The fourth-order valence-corrected chi connectivity index (χ4v) is 3.36. The highest BCUT2D eigenvalue weighted by molar-refractivity contribution is 5.93. The third kappa shape index (κ3) is 3.33. The molecule has 1 aliphatic heterocycles. The summed E-state index contributed by atoms with van der Waals surface area (Å²) in [6, 6.07) is 8.35. The van der Waals surface area contributed by atoms with E-state index in [-0.39, 0.29) is 11.9 Å². The van der Waals surface area contributed by atoms with Crippen molar-refractivity contribution in [3.05, 3.63) is 46.8 Å². The van der Waals surface area contributed by atoms with E-state index >= 15 is 0 Å². The van der Waals surface area contributed by atoms with E-state index < -0.39 is 0 Å². The number of carbonyl (C=O) groups is 1. The summed E-state index contributed by atoms with van der Waals surface area (Å²) in [5, 5.41) is 14.8. The van der Waals surface area contributed by atoms with Crippen LogP contribution in [-0.2, 0) is 0 Å². The third-order valence-electron chi connectivity index (χ3n) is 4.80. The Morgan fingerprint density at radius 1 is 1.29 bits per heavy atom. The normalized spacial score (nSPS) is 16.8. The Labute approximate surface area is 142 Å². The first kappa shape index (κ1) is 16.6. The SMILES string of the molecule is Cc1ccccc1C(C)NC(=O)c1nnn(C2CCNCC2)c1C. The maximum Gasteiger partial charge on any atom is 0.274 e. The van der Waals surface area contributed by atoms with E-state index in [0.717, 1.165) is 37.2 Å². The predicted octanol–water partition coefficient (Wildman–Crippen LogP) is 2.31. The minimum atomic E-state index is -0.163. The number of nitrogens with zero attached hydrogens (tertiary/aromatic N) is 3. The lowest BCUT2D eigenvalue weighted by atomic mass is 10.0. The molecule has 1 atom stereocenters. The molecule has 6 heteroatoms. The lowest BCUT2D eigenvalue weighted by Crippen LogP contribution is -2.31. The van der Waals surface area contributed by atoms with Gasteiger partial charge in [-0.2, -0.15) is 0 Å². The van der Waals surface area contributed by atoms with Gasteiger partial charge in [0.2, 0.25) is 0 Å². The Kier molecular flexibility index (Phi) is 4.94. The molecule has 2 heterocycles. The van der Waals surface area contributed by atoms with Gasteiger partial charge in [0.1, 0.15) is 0 Å². The molecule has 24 heavy (non-hydrogen) atoms. The van der Waals surface area contributed by atoms with Crippen molar-refractivity contribution in [3.8, 4) is 0 Å². The molecular formula is C18H25N5O. The minimum absolute atomic E-state index is 0.0675. The second kappa shape index (κ2) is 7.13. The summed E-state index contributed by atoms with van der Waals surface area (Å²) in [6.45, 7) is 7.93. The van der Waals surface area contributed by atoms with E-state index in [1.54, 1.807) is 0 Å². The summed E-state index contributed by atoms with van der Waals surface area (Å²) in [6.07, 6.45) is 2.04. The Bertz CT molecular complexity index is 718. The van der Waals surface area contributed by atoms with Crippen LogP contribution >= 0.6 is 0 Å². The highest BCUT2D eigenvalue weighted by Crippen LogP contribution is 2.21. The molecule has 1 aromatic carbocycles. The van der Waals surface area contributed by atoms with Gasteiger partial charge in [-0.3, -0.25) is 4.79 Å². The quantitative estimate of drug-likeness (QED) is 0.904. The van der Waals surface area contributed by atoms with Gasteiger partial charge in [-0.15, -0.1) is 5.10 Å². The van der Waals surface area contributed by atoms with E-state index in [1.165, 1.54) is 5.56 Å². The fraction of sp³-hybridized carbons (Fsp3) is 0.500. The molecule has 6 nitrogen and oxygen atoms in total. The van der Waals surface area contributed by atoms with Gasteiger partial charge in [0.15, 0.2) is 5.69 Å². The maximum atomic E-state index is 12.6. The zero-order valence-electron chi connectivity index (χ0n) is 14.5. The van der Waals surface area contributed by atoms with Crippen molar-refractivity contribution in [3.63, 3.8) is 0 Å². The highest BCUT2D eigenvalue weighted by atomic mass is 16.2.